The maximum Gasteiger partial charge on any atom is 0.538 e. The summed E-state index contributed by atoms with van der Waals surface area (Å²) in [6, 6.07) is 49.3. The van der Waals surface area contributed by atoms with Crippen molar-refractivity contribution in [3.05, 3.63) is 191 Å². The van der Waals surface area contributed by atoms with E-state index in [1.165, 1.54) is 7.11 Å². The van der Waals surface area contributed by atoms with Crippen LogP contribution in [-0.4, -0.2) is 59.1 Å². The predicted octanol–water partition coefficient (Wildman–Crippen LogP) is 14.1. The van der Waals surface area contributed by atoms with E-state index in [0.717, 1.165) is 67.1 Å². The summed E-state index contributed by atoms with van der Waals surface area (Å²) in [4.78, 5) is 35.8. The minimum atomic E-state index is -2.36. The van der Waals surface area contributed by atoms with Crippen molar-refractivity contribution in [2.45, 2.75) is 103 Å². The van der Waals surface area contributed by atoms with Crippen molar-refractivity contribution in [1.82, 2.24) is 10.6 Å². The molecule has 2 aliphatic carbocycles. The molecule has 8 rings (SSSR count). The van der Waals surface area contributed by atoms with E-state index in [-0.39, 0.29) is 0 Å². The largest absolute Gasteiger partial charge is 0.538 e. The Labute approximate surface area is 419 Å². The molecule has 6 aromatic rings. The number of rotatable bonds is 12. The number of carbonyl (C=O) groups excluding carboxylic acids is 2. The first kappa shape index (κ1) is 52.2. The Morgan fingerprint density at radius 1 is 0.423 bits per heavy atom. The highest BCUT2D eigenvalue weighted by Crippen LogP contribution is 2.46. The van der Waals surface area contributed by atoms with Crippen LogP contribution >= 0.6 is 16.1 Å². The molecule has 2 unspecified atom stereocenters. The molecule has 0 radical (unpaired) electrons. The number of aliphatic imine (C=N–C) groups is 2. The SMILES string of the molecule is CC(C)(C)OC(=O)N[C@@H](c1ccccc1)[C@@H](N=C1c2ccccc2-c2ccccc21)[P+](=O)OC(C)(C)C.CO[P+](=O)[C@H](N=C1c2ccccc2-c2ccccc21)[C@@H](NC(=O)OC(C)(C)C)c1ccccc1. The van der Waals surface area contributed by atoms with Crippen LogP contribution in [0.25, 0.3) is 22.3 Å². The summed E-state index contributed by atoms with van der Waals surface area (Å²) in [6.07, 6.45) is -1.23. The molecule has 0 saturated carbocycles. The molecule has 0 aliphatic heterocycles. The third-order valence-electron chi connectivity index (χ3n) is 11.1. The number of amides is 2. The Hall–Kier alpha value is -6.68. The molecule has 14 heteroatoms. The van der Waals surface area contributed by atoms with Crippen LogP contribution in [0.2, 0.25) is 0 Å². The molecule has 12 nitrogen and oxygen atoms in total. The highest BCUT2D eigenvalue weighted by atomic mass is 31.1. The van der Waals surface area contributed by atoms with E-state index in [2.05, 4.69) is 34.9 Å². The van der Waals surface area contributed by atoms with Crippen molar-refractivity contribution in [2.75, 3.05) is 7.11 Å². The van der Waals surface area contributed by atoms with Gasteiger partial charge in [-0.15, -0.1) is 9.05 Å². The van der Waals surface area contributed by atoms with Crippen LogP contribution in [0.1, 0.15) is 108 Å². The lowest BCUT2D eigenvalue weighted by molar-refractivity contribution is 0.0489. The molecule has 2 amide bonds. The summed E-state index contributed by atoms with van der Waals surface area (Å²) in [5.74, 6) is -1.80. The van der Waals surface area contributed by atoms with Gasteiger partial charge in [0.05, 0.1) is 18.5 Å². The lowest BCUT2D eigenvalue weighted by atomic mass is 10.1. The molecule has 2 N–H and O–H groups in total. The van der Waals surface area contributed by atoms with Crippen LogP contribution in [-0.2, 0) is 27.7 Å². The van der Waals surface area contributed by atoms with Gasteiger partial charge in [0.25, 0.3) is 0 Å². The Balaban J connectivity index is 0.000000209. The molecule has 71 heavy (non-hydrogen) atoms. The number of nitrogens with zero attached hydrogens (tertiary/aromatic N) is 2. The number of carbonyl (C=O) groups is 2. The van der Waals surface area contributed by atoms with Crippen LogP contribution in [0.15, 0.2) is 168 Å². The van der Waals surface area contributed by atoms with Gasteiger partial charge in [-0.1, -0.05) is 158 Å². The molecule has 2 aliphatic rings. The van der Waals surface area contributed by atoms with Gasteiger partial charge in [-0.25, -0.2) is 19.6 Å². The molecule has 366 valence electrons. The van der Waals surface area contributed by atoms with E-state index in [1.807, 2.05) is 154 Å². The molecular formula is C57H62N4O8P2+2. The quantitative estimate of drug-likeness (QED) is 0.115. The number of alkyl carbamates (subject to hydrolysis) is 2. The van der Waals surface area contributed by atoms with Crippen LogP contribution < -0.4 is 10.6 Å². The maximum atomic E-state index is 13.9. The number of nitrogens with one attached hydrogen (secondary N) is 2. The van der Waals surface area contributed by atoms with Crippen molar-refractivity contribution in [3.8, 4) is 22.3 Å². The van der Waals surface area contributed by atoms with E-state index in [0.29, 0.717) is 0 Å². The third kappa shape index (κ3) is 13.2. The van der Waals surface area contributed by atoms with Gasteiger partial charge < -0.3 is 20.1 Å². The van der Waals surface area contributed by atoms with Crippen molar-refractivity contribution in [2.24, 2.45) is 9.98 Å². The third-order valence-corrected chi connectivity index (χ3v) is 13.8. The normalized spacial score (nSPS) is 14.6. The molecule has 0 heterocycles. The first-order chi connectivity index (χ1) is 33.7. The molecule has 0 saturated heterocycles. The fourth-order valence-electron chi connectivity index (χ4n) is 8.30. The standard InChI is InChI=1S/C30H33N2O4P.C27H27N2O4P/c1-29(2,3)35-28(33)32-25(20-14-8-7-9-15-20)27(37(34)36-30(4,5)6)31-26-23-18-12-10-16-21(23)22-17-11-13-19-24(22)26;1-27(2,3)33-26(30)29-23(18-12-6-5-7-13-18)25(34(31)32-4)28-24-21-16-10-8-14-19(21)20-15-9-11-17-22(20)24/h7-19,25,27H,1-6H3;5-17,23,25H,1-4H3/p+2/t25-,27-;23-,25-/m00/s1. The second-order valence-corrected chi connectivity index (χ2v) is 22.7. The van der Waals surface area contributed by atoms with Crippen molar-refractivity contribution < 1.29 is 37.2 Å². The van der Waals surface area contributed by atoms with Gasteiger partial charge >= 0.3 is 39.8 Å². The average Bonchev–Trinajstić information content (AvgIpc) is 3.82. The van der Waals surface area contributed by atoms with Gasteiger partial charge in [-0.3, -0.25) is 0 Å². The summed E-state index contributed by atoms with van der Waals surface area (Å²) >= 11 is 0. The molecular weight excluding hydrogens is 931 g/mol. The summed E-state index contributed by atoms with van der Waals surface area (Å²) in [6.45, 7) is 16.3. The van der Waals surface area contributed by atoms with Gasteiger partial charge in [-0.2, -0.15) is 0 Å². The zero-order valence-electron chi connectivity index (χ0n) is 41.9. The minimum Gasteiger partial charge on any atom is -0.444 e. The second kappa shape index (κ2) is 22.2. The number of hydrogen-bond donors (Lipinski definition) is 2. The van der Waals surface area contributed by atoms with Gasteiger partial charge in [-0.05, 0) is 105 Å². The molecule has 6 aromatic carbocycles. The molecule has 0 fully saturated rings. The molecule has 6 atom stereocenters. The fourth-order valence-corrected chi connectivity index (χ4v) is 10.6. The van der Waals surface area contributed by atoms with Crippen LogP contribution in [0, 0.1) is 0 Å². The monoisotopic (exact) mass is 992 g/mol. The summed E-state index contributed by atoms with van der Waals surface area (Å²) < 4.78 is 49.5. The summed E-state index contributed by atoms with van der Waals surface area (Å²) in [5, 5.41) is 5.84. The predicted molar refractivity (Wildman–Crippen MR) is 283 cm³/mol. The fraction of sp³-hybridized carbons (Fsp3) is 0.298. The van der Waals surface area contributed by atoms with E-state index in [4.69, 9.17) is 28.5 Å². The zero-order valence-corrected chi connectivity index (χ0v) is 43.7. The topological polar surface area (TPSA) is 154 Å². The van der Waals surface area contributed by atoms with Gasteiger partial charge in [0.15, 0.2) is 0 Å². The molecule has 0 aromatic heterocycles. The number of fused-ring (bicyclic) bond motifs is 6. The molecule has 0 bridgehead atoms. The minimum absolute atomic E-state index is 0.613. The van der Waals surface area contributed by atoms with E-state index in [9.17, 15) is 18.7 Å². The highest BCUT2D eigenvalue weighted by Gasteiger charge is 2.47. The van der Waals surface area contributed by atoms with Gasteiger partial charge in [0, 0.05) is 22.3 Å². The van der Waals surface area contributed by atoms with Crippen molar-refractivity contribution in [3.63, 3.8) is 0 Å². The second-order valence-electron chi connectivity index (χ2n) is 20.0. The van der Waals surface area contributed by atoms with Gasteiger partial charge in [0.2, 0.25) is 0 Å². The highest BCUT2D eigenvalue weighted by molar-refractivity contribution is 7.40. The lowest BCUT2D eigenvalue weighted by Gasteiger charge is -2.24. The number of hydrogen-bond acceptors (Lipinski definition) is 10. The first-order valence-electron chi connectivity index (χ1n) is 23.5. The van der Waals surface area contributed by atoms with Crippen molar-refractivity contribution in [1.29, 1.82) is 0 Å². The van der Waals surface area contributed by atoms with E-state index >= 15 is 0 Å². The Kier molecular flexibility index (Phi) is 16.3. The van der Waals surface area contributed by atoms with Crippen LogP contribution in [0.3, 0.4) is 0 Å². The molecule has 0 spiro atoms. The zero-order chi connectivity index (χ0) is 51.1. The Morgan fingerprint density at radius 2 is 0.704 bits per heavy atom. The number of ether oxygens (including phenoxy) is 2. The van der Waals surface area contributed by atoms with Crippen LogP contribution in [0.4, 0.5) is 9.59 Å². The summed E-state index contributed by atoms with van der Waals surface area (Å²) in [5.41, 5.74) is 9.00. The van der Waals surface area contributed by atoms with E-state index in [1.54, 1.807) is 41.5 Å². The maximum absolute atomic E-state index is 13.9. The van der Waals surface area contributed by atoms with Crippen molar-refractivity contribution >= 4 is 39.7 Å². The Bertz CT molecular complexity index is 2860. The number of benzene rings is 6. The lowest BCUT2D eigenvalue weighted by Crippen LogP contribution is -2.39. The van der Waals surface area contributed by atoms with Crippen LogP contribution in [0.5, 0.6) is 0 Å². The van der Waals surface area contributed by atoms with E-state index < -0.39 is 68.7 Å². The Morgan fingerprint density at radius 3 is 0.986 bits per heavy atom. The van der Waals surface area contributed by atoms with Gasteiger partial charge in [0.1, 0.15) is 28.9 Å². The smallest absolute Gasteiger partial charge is 0.444 e. The average molecular weight is 993 g/mol. The summed E-state index contributed by atoms with van der Waals surface area (Å²) in [7, 11) is -3.25. The first-order valence-corrected chi connectivity index (χ1v) is 26.0.